The lowest BCUT2D eigenvalue weighted by molar-refractivity contribution is 0.391. The smallest absolute Gasteiger partial charge is 0.213 e. The number of pyridine rings is 1. The van der Waals surface area contributed by atoms with Gasteiger partial charge >= 0.3 is 0 Å². The molecule has 0 bridgehead atoms. The summed E-state index contributed by atoms with van der Waals surface area (Å²) in [6.45, 7) is 4.59. The van der Waals surface area contributed by atoms with Crippen molar-refractivity contribution in [3.63, 3.8) is 0 Å². The van der Waals surface area contributed by atoms with E-state index in [0.717, 1.165) is 22.5 Å². The molecular weight excluding hydrogens is 335 g/mol. The Kier molecular flexibility index (Phi) is 4.08. The lowest BCUT2D eigenvalue weighted by Gasteiger charge is -2.10. The molecular formula is C18H17FN6O. The molecule has 0 aliphatic carbocycles. The Bertz CT molecular complexity index is 1070. The fourth-order valence-corrected chi connectivity index (χ4v) is 2.87. The second kappa shape index (κ2) is 6.55. The lowest BCUT2D eigenvalue weighted by Crippen LogP contribution is -2.08. The van der Waals surface area contributed by atoms with Crippen molar-refractivity contribution in [2.45, 2.75) is 26.9 Å². The van der Waals surface area contributed by atoms with Crippen LogP contribution in [0.3, 0.4) is 0 Å². The molecule has 0 unspecified atom stereocenters. The fourth-order valence-electron chi connectivity index (χ4n) is 2.87. The largest absolute Gasteiger partial charge is 0.362 e. The average molecular weight is 352 g/mol. The van der Waals surface area contributed by atoms with E-state index in [9.17, 15) is 4.39 Å². The van der Waals surface area contributed by atoms with Crippen molar-refractivity contribution in [1.82, 2.24) is 24.7 Å². The van der Waals surface area contributed by atoms with E-state index in [-0.39, 0.29) is 0 Å². The van der Waals surface area contributed by atoms with Gasteiger partial charge in [-0.1, -0.05) is 11.2 Å². The number of hydrogen-bond donors (Lipinski definition) is 1. The van der Waals surface area contributed by atoms with E-state index in [1.807, 2.05) is 36.7 Å². The number of anilines is 1. The summed E-state index contributed by atoms with van der Waals surface area (Å²) in [7, 11) is 0. The van der Waals surface area contributed by atoms with Crippen molar-refractivity contribution in [1.29, 1.82) is 0 Å². The number of nitrogens with one attached hydrogen (secondary N) is 1. The van der Waals surface area contributed by atoms with E-state index < -0.39 is 5.95 Å². The van der Waals surface area contributed by atoms with Gasteiger partial charge in [0.15, 0.2) is 5.82 Å². The fraction of sp³-hybridized carbons (Fsp3) is 0.222. The molecule has 4 heterocycles. The van der Waals surface area contributed by atoms with Gasteiger partial charge < -0.3 is 14.4 Å². The lowest BCUT2D eigenvalue weighted by atomic mass is 10.3. The molecule has 0 spiro atoms. The van der Waals surface area contributed by atoms with Crippen LogP contribution in [0.25, 0.3) is 11.0 Å². The zero-order chi connectivity index (χ0) is 18.1. The van der Waals surface area contributed by atoms with Crippen LogP contribution in [0.15, 0.2) is 41.1 Å². The third-order valence-electron chi connectivity index (χ3n) is 3.94. The zero-order valence-corrected chi connectivity index (χ0v) is 14.4. The molecule has 8 heteroatoms. The van der Waals surface area contributed by atoms with Gasteiger partial charge in [0, 0.05) is 12.3 Å². The van der Waals surface area contributed by atoms with Crippen molar-refractivity contribution in [3.8, 4) is 0 Å². The van der Waals surface area contributed by atoms with Crippen molar-refractivity contribution in [3.05, 3.63) is 65.4 Å². The molecule has 4 aromatic heterocycles. The molecule has 7 nitrogen and oxygen atoms in total. The first-order chi connectivity index (χ1) is 12.6. The van der Waals surface area contributed by atoms with E-state index in [0.29, 0.717) is 30.4 Å². The van der Waals surface area contributed by atoms with Gasteiger partial charge in [-0.2, -0.15) is 4.39 Å². The maximum absolute atomic E-state index is 13.4. The molecule has 0 aliphatic rings. The van der Waals surface area contributed by atoms with Crippen LogP contribution in [-0.2, 0) is 13.1 Å². The summed E-state index contributed by atoms with van der Waals surface area (Å²) in [6.07, 6.45) is 1.90. The third-order valence-corrected chi connectivity index (χ3v) is 3.94. The summed E-state index contributed by atoms with van der Waals surface area (Å²) in [5, 5.41) is 7.27. The number of nitrogens with zero attached hydrogens (tertiary/aromatic N) is 5. The molecule has 1 N–H and O–H groups in total. The molecule has 0 saturated heterocycles. The summed E-state index contributed by atoms with van der Waals surface area (Å²) >= 11 is 0. The second-order valence-electron chi connectivity index (χ2n) is 6.03. The number of hydrogen-bond acceptors (Lipinski definition) is 6. The number of fused-ring (bicyclic) bond motifs is 1. The molecule has 0 aromatic carbocycles. The molecule has 0 aliphatic heterocycles. The molecule has 0 radical (unpaired) electrons. The third kappa shape index (κ3) is 3.26. The van der Waals surface area contributed by atoms with Crippen LogP contribution in [0.4, 0.5) is 10.2 Å². The minimum Gasteiger partial charge on any atom is -0.362 e. The average Bonchev–Trinajstić information content (AvgIpc) is 3.19. The molecule has 0 amide bonds. The number of halogens is 1. The van der Waals surface area contributed by atoms with Crippen LogP contribution < -0.4 is 5.32 Å². The van der Waals surface area contributed by atoms with Crippen molar-refractivity contribution < 1.29 is 8.91 Å². The van der Waals surface area contributed by atoms with Gasteiger partial charge in [0.25, 0.3) is 0 Å². The maximum Gasteiger partial charge on any atom is 0.213 e. The predicted octanol–water partition coefficient (Wildman–Crippen LogP) is 3.23. The van der Waals surface area contributed by atoms with Crippen LogP contribution in [0, 0.1) is 19.8 Å². The van der Waals surface area contributed by atoms with Crippen LogP contribution in [0.5, 0.6) is 0 Å². The van der Waals surface area contributed by atoms with Gasteiger partial charge in [-0.05, 0) is 32.0 Å². The summed E-state index contributed by atoms with van der Waals surface area (Å²) in [5.74, 6) is 1.62. The number of aromatic nitrogens is 5. The Labute approximate surface area is 148 Å². The first kappa shape index (κ1) is 16.2. The molecule has 4 rings (SSSR count). The highest BCUT2D eigenvalue weighted by atomic mass is 19.1. The molecule has 0 saturated carbocycles. The van der Waals surface area contributed by atoms with Gasteiger partial charge in [-0.25, -0.2) is 15.0 Å². The minimum atomic E-state index is -0.495. The Morgan fingerprint density at radius 1 is 1.12 bits per heavy atom. The van der Waals surface area contributed by atoms with Crippen LogP contribution >= 0.6 is 0 Å². The van der Waals surface area contributed by atoms with Crippen LogP contribution in [-0.4, -0.2) is 24.7 Å². The minimum absolute atomic E-state index is 0.422. The van der Waals surface area contributed by atoms with Crippen LogP contribution in [0.2, 0.25) is 0 Å². The van der Waals surface area contributed by atoms with E-state index >= 15 is 0 Å². The molecule has 132 valence electrons. The summed E-state index contributed by atoms with van der Waals surface area (Å²) < 4.78 is 20.4. The Morgan fingerprint density at radius 3 is 2.77 bits per heavy atom. The van der Waals surface area contributed by atoms with E-state index in [2.05, 4.69) is 25.4 Å². The van der Waals surface area contributed by atoms with Gasteiger partial charge in [0.05, 0.1) is 24.3 Å². The molecule has 0 fully saturated rings. The highest BCUT2D eigenvalue weighted by molar-refractivity contribution is 5.86. The maximum atomic E-state index is 13.4. The van der Waals surface area contributed by atoms with Crippen molar-refractivity contribution in [2.75, 3.05) is 5.32 Å². The normalized spacial score (nSPS) is 11.2. The first-order valence-electron chi connectivity index (χ1n) is 8.19. The Hall–Kier alpha value is -3.29. The summed E-state index contributed by atoms with van der Waals surface area (Å²) in [4.78, 5) is 12.9. The van der Waals surface area contributed by atoms with Gasteiger partial charge in [-0.3, -0.25) is 0 Å². The predicted molar refractivity (Wildman–Crippen MR) is 94.1 cm³/mol. The van der Waals surface area contributed by atoms with Gasteiger partial charge in [0.1, 0.15) is 22.8 Å². The number of rotatable bonds is 5. The van der Waals surface area contributed by atoms with Crippen LogP contribution in [0.1, 0.15) is 23.0 Å². The quantitative estimate of drug-likeness (QED) is 0.555. The molecule has 26 heavy (non-hydrogen) atoms. The molecule has 0 atom stereocenters. The standard InChI is InChI=1S/C18H17FN6O/c1-11-8-14(24-26-11)9-20-18-17-15(21-12(2)22-18)6-7-25(17)10-13-4-3-5-16(19)23-13/h3-8H,9-10H2,1-2H3,(H,20,21,22). The number of aryl methyl sites for hydroxylation is 2. The van der Waals surface area contributed by atoms with Gasteiger partial charge in [0.2, 0.25) is 5.95 Å². The first-order valence-corrected chi connectivity index (χ1v) is 8.19. The molecule has 4 aromatic rings. The highest BCUT2D eigenvalue weighted by Gasteiger charge is 2.12. The SMILES string of the molecule is Cc1nc(NCc2cc(C)on2)c2c(ccn2Cc2cccc(F)n2)n1. The van der Waals surface area contributed by atoms with E-state index in [1.54, 1.807) is 12.1 Å². The summed E-state index contributed by atoms with van der Waals surface area (Å²) in [5.41, 5.74) is 3.06. The zero-order valence-electron chi connectivity index (χ0n) is 14.4. The van der Waals surface area contributed by atoms with E-state index in [1.165, 1.54) is 6.07 Å². The van der Waals surface area contributed by atoms with Gasteiger partial charge in [-0.15, -0.1) is 0 Å². The summed E-state index contributed by atoms with van der Waals surface area (Å²) in [6, 6.07) is 8.55. The monoisotopic (exact) mass is 352 g/mol. The Morgan fingerprint density at radius 2 is 2.00 bits per heavy atom. The van der Waals surface area contributed by atoms with Crippen molar-refractivity contribution in [2.24, 2.45) is 0 Å². The highest BCUT2D eigenvalue weighted by Crippen LogP contribution is 2.23. The van der Waals surface area contributed by atoms with E-state index in [4.69, 9.17) is 4.52 Å². The van der Waals surface area contributed by atoms with Crippen molar-refractivity contribution >= 4 is 16.9 Å². The topological polar surface area (TPSA) is 81.7 Å². The second-order valence-corrected chi connectivity index (χ2v) is 6.03. The Balaban J connectivity index is 1.68.